The average molecular weight is 232 g/mol. The molecule has 0 aliphatic carbocycles. The van der Waals surface area contributed by atoms with Gasteiger partial charge in [-0.25, -0.2) is 0 Å². The van der Waals surface area contributed by atoms with Crippen molar-refractivity contribution in [2.24, 2.45) is 0 Å². The van der Waals surface area contributed by atoms with Crippen LogP contribution in [-0.4, -0.2) is 11.3 Å². The van der Waals surface area contributed by atoms with Crippen LogP contribution in [0.5, 0.6) is 0 Å². The molecule has 0 unspecified atom stereocenters. The Labute approximate surface area is 98.9 Å². The van der Waals surface area contributed by atoms with Crippen molar-refractivity contribution < 1.29 is 4.79 Å². The van der Waals surface area contributed by atoms with E-state index < -0.39 is 0 Å². The Morgan fingerprint density at radius 2 is 2.12 bits per heavy atom. The summed E-state index contributed by atoms with van der Waals surface area (Å²) in [6.07, 6.45) is 5.08. The number of halogens is 1. The standard InChI is InChI=1S/C13H10ClNO/c14-13-4-3-10(7-12(13)9-16)6-11-2-1-5-15-8-11/h1-5,7-9H,6H2. The van der Waals surface area contributed by atoms with Gasteiger partial charge < -0.3 is 0 Å². The van der Waals surface area contributed by atoms with Crippen molar-refractivity contribution in [1.82, 2.24) is 4.98 Å². The maximum absolute atomic E-state index is 10.7. The van der Waals surface area contributed by atoms with E-state index in [4.69, 9.17) is 11.6 Å². The van der Waals surface area contributed by atoms with Crippen molar-refractivity contribution >= 4 is 17.9 Å². The number of nitrogens with zero attached hydrogens (tertiary/aromatic N) is 1. The van der Waals surface area contributed by atoms with E-state index in [0.717, 1.165) is 23.8 Å². The molecule has 0 aliphatic heterocycles. The average Bonchev–Trinajstić information content (AvgIpc) is 2.33. The topological polar surface area (TPSA) is 30.0 Å². The largest absolute Gasteiger partial charge is 0.298 e. The SMILES string of the molecule is O=Cc1cc(Cc2cccnc2)ccc1Cl. The Hall–Kier alpha value is -1.67. The maximum atomic E-state index is 10.7. The number of carbonyl (C=O) groups excluding carboxylic acids is 1. The summed E-state index contributed by atoms with van der Waals surface area (Å²) in [6.45, 7) is 0. The van der Waals surface area contributed by atoms with E-state index >= 15 is 0 Å². The van der Waals surface area contributed by atoms with Crippen LogP contribution in [0.25, 0.3) is 0 Å². The van der Waals surface area contributed by atoms with Crippen molar-refractivity contribution in [2.45, 2.75) is 6.42 Å². The summed E-state index contributed by atoms with van der Waals surface area (Å²) >= 11 is 5.86. The van der Waals surface area contributed by atoms with Crippen molar-refractivity contribution in [3.05, 3.63) is 64.4 Å². The zero-order chi connectivity index (χ0) is 11.4. The molecule has 0 saturated carbocycles. The normalized spacial score (nSPS) is 10.1. The van der Waals surface area contributed by atoms with Gasteiger partial charge in [-0.05, 0) is 35.7 Å². The predicted octanol–water partition coefficient (Wildman–Crippen LogP) is 3.14. The van der Waals surface area contributed by atoms with Gasteiger partial charge in [-0.1, -0.05) is 23.7 Å². The highest BCUT2D eigenvalue weighted by molar-refractivity contribution is 6.32. The highest BCUT2D eigenvalue weighted by atomic mass is 35.5. The molecule has 1 heterocycles. The number of rotatable bonds is 3. The molecular formula is C13H10ClNO. The van der Waals surface area contributed by atoms with Gasteiger partial charge in [-0.3, -0.25) is 9.78 Å². The fourth-order valence-corrected chi connectivity index (χ4v) is 1.69. The molecule has 3 heteroatoms. The minimum atomic E-state index is 0.491. The van der Waals surface area contributed by atoms with Crippen molar-refractivity contribution in [3.8, 4) is 0 Å². The third kappa shape index (κ3) is 2.47. The van der Waals surface area contributed by atoms with Crippen LogP contribution in [0, 0.1) is 0 Å². The van der Waals surface area contributed by atoms with Gasteiger partial charge in [0, 0.05) is 18.0 Å². The number of aldehydes is 1. The Morgan fingerprint density at radius 1 is 1.25 bits per heavy atom. The van der Waals surface area contributed by atoms with Gasteiger partial charge in [-0.15, -0.1) is 0 Å². The summed E-state index contributed by atoms with van der Waals surface area (Å²) in [7, 11) is 0. The lowest BCUT2D eigenvalue weighted by Gasteiger charge is -2.03. The summed E-state index contributed by atoms with van der Waals surface area (Å²) < 4.78 is 0. The van der Waals surface area contributed by atoms with Gasteiger partial charge in [0.25, 0.3) is 0 Å². The zero-order valence-corrected chi connectivity index (χ0v) is 9.32. The van der Waals surface area contributed by atoms with Crippen LogP contribution in [0.1, 0.15) is 21.5 Å². The highest BCUT2D eigenvalue weighted by Gasteiger charge is 2.01. The van der Waals surface area contributed by atoms with E-state index in [1.165, 1.54) is 0 Å². The molecule has 16 heavy (non-hydrogen) atoms. The lowest BCUT2D eigenvalue weighted by molar-refractivity contribution is 0.112. The molecular weight excluding hydrogens is 222 g/mol. The lowest BCUT2D eigenvalue weighted by atomic mass is 10.0. The number of aromatic nitrogens is 1. The molecule has 80 valence electrons. The molecule has 2 rings (SSSR count). The first kappa shape index (κ1) is 10.8. The van der Waals surface area contributed by atoms with E-state index in [9.17, 15) is 4.79 Å². The maximum Gasteiger partial charge on any atom is 0.151 e. The fraction of sp³-hybridized carbons (Fsp3) is 0.0769. The van der Waals surface area contributed by atoms with E-state index in [-0.39, 0.29) is 0 Å². The van der Waals surface area contributed by atoms with Crippen LogP contribution < -0.4 is 0 Å². The Kier molecular flexibility index (Phi) is 3.32. The molecule has 0 saturated heterocycles. The van der Waals surface area contributed by atoms with Gasteiger partial charge in [0.05, 0.1) is 5.02 Å². The summed E-state index contributed by atoms with van der Waals surface area (Å²) in [5.41, 5.74) is 2.70. The zero-order valence-electron chi connectivity index (χ0n) is 8.56. The van der Waals surface area contributed by atoms with Gasteiger partial charge in [0.2, 0.25) is 0 Å². The van der Waals surface area contributed by atoms with Crippen LogP contribution in [-0.2, 0) is 6.42 Å². The Balaban J connectivity index is 2.26. The minimum absolute atomic E-state index is 0.491. The molecule has 1 aromatic carbocycles. The first-order chi connectivity index (χ1) is 7.79. The molecule has 2 aromatic rings. The molecule has 0 spiro atoms. The Bertz CT molecular complexity index is 497. The monoisotopic (exact) mass is 231 g/mol. The second kappa shape index (κ2) is 4.90. The second-order valence-corrected chi connectivity index (χ2v) is 3.92. The summed E-state index contributed by atoms with van der Waals surface area (Å²) in [4.78, 5) is 14.8. The van der Waals surface area contributed by atoms with Crippen molar-refractivity contribution in [3.63, 3.8) is 0 Å². The van der Waals surface area contributed by atoms with Crippen molar-refractivity contribution in [2.75, 3.05) is 0 Å². The quantitative estimate of drug-likeness (QED) is 0.760. The molecule has 0 bridgehead atoms. The van der Waals surface area contributed by atoms with E-state index in [1.54, 1.807) is 12.3 Å². The van der Waals surface area contributed by atoms with E-state index in [1.807, 2.05) is 30.5 Å². The van der Waals surface area contributed by atoms with Gasteiger partial charge in [0.15, 0.2) is 6.29 Å². The Morgan fingerprint density at radius 3 is 2.81 bits per heavy atom. The number of pyridine rings is 1. The number of carbonyl (C=O) groups is 1. The first-order valence-corrected chi connectivity index (χ1v) is 5.30. The van der Waals surface area contributed by atoms with Gasteiger partial charge >= 0.3 is 0 Å². The van der Waals surface area contributed by atoms with Crippen LogP contribution in [0.2, 0.25) is 5.02 Å². The lowest BCUT2D eigenvalue weighted by Crippen LogP contribution is -1.91. The molecule has 0 atom stereocenters. The highest BCUT2D eigenvalue weighted by Crippen LogP contribution is 2.17. The molecule has 1 aromatic heterocycles. The number of benzene rings is 1. The van der Waals surface area contributed by atoms with E-state index in [0.29, 0.717) is 10.6 Å². The summed E-state index contributed by atoms with van der Waals surface area (Å²) in [5, 5.41) is 0.491. The van der Waals surface area contributed by atoms with Crippen molar-refractivity contribution in [1.29, 1.82) is 0 Å². The molecule has 0 fully saturated rings. The molecule has 2 nitrogen and oxygen atoms in total. The summed E-state index contributed by atoms with van der Waals surface area (Å²) in [6, 6.07) is 9.37. The van der Waals surface area contributed by atoms with Gasteiger partial charge in [-0.2, -0.15) is 0 Å². The van der Waals surface area contributed by atoms with E-state index in [2.05, 4.69) is 4.98 Å². The van der Waals surface area contributed by atoms with Crippen LogP contribution >= 0.6 is 11.6 Å². The second-order valence-electron chi connectivity index (χ2n) is 3.51. The number of hydrogen-bond acceptors (Lipinski definition) is 2. The third-order valence-electron chi connectivity index (χ3n) is 2.32. The molecule has 0 radical (unpaired) electrons. The fourth-order valence-electron chi connectivity index (χ4n) is 1.53. The van der Waals surface area contributed by atoms with Crippen LogP contribution in [0.3, 0.4) is 0 Å². The first-order valence-electron chi connectivity index (χ1n) is 4.92. The molecule has 0 aliphatic rings. The predicted molar refractivity (Wildman–Crippen MR) is 63.9 cm³/mol. The minimum Gasteiger partial charge on any atom is -0.298 e. The number of hydrogen-bond donors (Lipinski definition) is 0. The molecule has 0 N–H and O–H groups in total. The molecule has 0 amide bonds. The third-order valence-corrected chi connectivity index (χ3v) is 2.66. The smallest absolute Gasteiger partial charge is 0.151 e. The van der Waals surface area contributed by atoms with Crippen LogP contribution in [0.4, 0.5) is 0 Å². The summed E-state index contributed by atoms with van der Waals surface area (Å²) in [5.74, 6) is 0. The van der Waals surface area contributed by atoms with Gasteiger partial charge in [0.1, 0.15) is 0 Å². The van der Waals surface area contributed by atoms with Crippen LogP contribution in [0.15, 0.2) is 42.7 Å².